The van der Waals surface area contributed by atoms with Crippen molar-refractivity contribution in [1.29, 1.82) is 0 Å². The van der Waals surface area contributed by atoms with E-state index in [0.29, 0.717) is 13.2 Å². The van der Waals surface area contributed by atoms with E-state index >= 15 is 0 Å². The van der Waals surface area contributed by atoms with Gasteiger partial charge in [-0.25, -0.2) is 4.79 Å². The number of pyridine rings is 1. The molecule has 1 aromatic rings. The molecule has 1 amide bonds. The monoisotopic (exact) mass is 209 g/mol. The average molecular weight is 209 g/mol. The van der Waals surface area contributed by atoms with Crippen LogP contribution < -0.4 is 11.1 Å². The smallest absolute Gasteiger partial charge is 0.407 e. The minimum absolute atomic E-state index is 0.230. The third-order valence-electron chi connectivity index (χ3n) is 1.91. The minimum Gasteiger partial charge on any atom is -0.450 e. The van der Waals surface area contributed by atoms with Crippen molar-refractivity contribution in [3.8, 4) is 0 Å². The molecule has 0 saturated carbocycles. The van der Waals surface area contributed by atoms with E-state index in [1.165, 1.54) is 0 Å². The Morgan fingerprint density at radius 3 is 2.80 bits per heavy atom. The number of aromatic nitrogens is 1. The molecule has 3 N–H and O–H groups in total. The zero-order chi connectivity index (χ0) is 11.1. The predicted octanol–water partition coefficient (Wildman–Crippen LogP) is 0.827. The van der Waals surface area contributed by atoms with Gasteiger partial charge in [0.2, 0.25) is 0 Å². The number of alkyl carbamates (subject to hydrolysis) is 1. The molecular formula is C10H15N3O2. The summed E-state index contributed by atoms with van der Waals surface area (Å²) in [6.07, 6.45) is 2.86. The maximum Gasteiger partial charge on any atom is 0.407 e. The number of nitrogens with zero attached hydrogens (tertiary/aromatic N) is 1. The number of carbonyl (C=O) groups excluding carboxylic acids is 1. The molecule has 1 aromatic heterocycles. The summed E-state index contributed by atoms with van der Waals surface area (Å²) in [6.45, 7) is 2.42. The Morgan fingerprint density at radius 1 is 1.60 bits per heavy atom. The van der Waals surface area contributed by atoms with Crippen LogP contribution in [0.1, 0.15) is 18.5 Å². The van der Waals surface area contributed by atoms with Crippen LogP contribution in [0.2, 0.25) is 0 Å². The van der Waals surface area contributed by atoms with E-state index in [1.54, 1.807) is 19.3 Å². The maximum atomic E-state index is 11.2. The van der Waals surface area contributed by atoms with Crippen LogP contribution in [0.3, 0.4) is 0 Å². The number of nitrogens with two attached hydrogens (primary N) is 1. The van der Waals surface area contributed by atoms with Crippen molar-refractivity contribution in [2.45, 2.75) is 13.0 Å². The zero-order valence-corrected chi connectivity index (χ0v) is 8.64. The van der Waals surface area contributed by atoms with Crippen molar-refractivity contribution in [3.05, 3.63) is 30.1 Å². The fourth-order valence-corrected chi connectivity index (χ4v) is 1.19. The Balaban J connectivity index is 2.61. The van der Waals surface area contributed by atoms with E-state index in [9.17, 15) is 4.79 Å². The van der Waals surface area contributed by atoms with Crippen molar-refractivity contribution in [2.75, 3.05) is 13.2 Å². The quantitative estimate of drug-likeness (QED) is 0.769. The second-order valence-corrected chi connectivity index (χ2v) is 2.93. The van der Waals surface area contributed by atoms with Crippen LogP contribution in [0.15, 0.2) is 24.5 Å². The second kappa shape index (κ2) is 5.98. The fourth-order valence-electron chi connectivity index (χ4n) is 1.19. The molecule has 1 atom stereocenters. The number of ether oxygens (including phenoxy) is 1. The van der Waals surface area contributed by atoms with Gasteiger partial charge in [0.15, 0.2) is 0 Å². The van der Waals surface area contributed by atoms with Gasteiger partial charge >= 0.3 is 6.09 Å². The first-order chi connectivity index (χ1) is 7.27. The molecule has 5 nitrogen and oxygen atoms in total. The molecule has 0 saturated heterocycles. The van der Waals surface area contributed by atoms with Crippen molar-refractivity contribution >= 4 is 6.09 Å². The highest BCUT2D eigenvalue weighted by Gasteiger charge is 2.12. The SMILES string of the molecule is CCOC(=O)NC(CN)c1ccncc1. The van der Waals surface area contributed by atoms with Crippen molar-refractivity contribution < 1.29 is 9.53 Å². The fraction of sp³-hybridized carbons (Fsp3) is 0.400. The number of hydrogen-bond donors (Lipinski definition) is 2. The van der Waals surface area contributed by atoms with E-state index in [2.05, 4.69) is 10.3 Å². The summed E-state index contributed by atoms with van der Waals surface area (Å²) in [4.78, 5) is 15.1. The second-order valence-electron chi connectivity index (χ2n) is 2.93. The Hall–Kier alpha value is -1.62. The first-order valence-electron chi connectivity index (χ1n) is 4.81. The molecule has 0 aliphatic rings. The van der Waals surface area contributed by atoms with Crippen LogP contribution in [0.5, 0.6) is 0 Å². The third-order valence-corrected chi connectivity index (χ3v) is 1.91. The van der Waals surface area contributed by atoms with Gasteiger partial charge in [-0.3, -0.25) is 4.98 Å². The molecule has 0 aliphatic carbocycles. The molecule has 1 heterocycles. The molecule has 82 valence electrons. The van der Waals surface area contributed by atoms with Crippen molar-refractivity contribution in [3.63, 3.8) is 0 Å². The van der Waals surface area contributed by atoms with E-state index in [-0.39, 0.29) is 6.04 Å². The van der Waals surface area contributed by atoms with Crippen LogP contribution in [-0.4, -0.2) is 24.2 Å². The van der Waals surface area contributed by atoms with Crippen LogP contribution in [0, 0.1) is 0 Å². The Bertz CT molecular complexity index is 303. The Labute approximate surface area is 88.6 Å². The first-order valence-corrected chi connectivity index (χ1v) is 4.81. The van der Waals surface area contributed by atoms with Crippen LogP contribution in [0.25, 0.3) is 0 Å². The lowest BCUT2D eigenvalue weighted by Crippen LogP contribution is -2.33. The van der Waals surface area contributed by atoms with Gasteiger partial charge < -0.3 is 15.8 Å². The number of hydrogen-bond acceptors (Lipinski definition) is 4. The Kier molecular flexibility index (Phi) is 4.56. The molecule has 0 spiro atoms. The number of rotatable bonds is 4. The molecule has 0 aromatic carbocycles. The number of amides is 1. The molecule has 5 heteroatoms. The number of nitrogens with one attached hydrogen (secondary N) is 1. The summed E-state index contributed by atoms with van der Waals surface area (Å²) in [5.41, 5.74) is 6.48. The standard InChI is InChI=1S/C10H15N3O2/c1-2-15-10(14)13-9(7-11)8-3-5-12-6-4-8/h3-6,9H,2,7,11H2,1H3,(H,13,14). The summed E-state index contributed by atoms with van der Waals surface area (Å²) < 4.78 is 4.77. The van der Waals surface area contributed by atoms with E-state index in [1.807, 2.05) is 12.1 Å². The van der Waals surface area contributed by atoms with Gasteiger partial charge in [0, 0.05) is 18.9 Å². The van der Waals surface area contributed by atoms with Crippen LogP contribution >= 0.6 is 0 Å². The summed E-state index contributed by atoms with van der Waals surface area (Å²) in [6, 6.07) is 3.39. The molecule has 0 fully saturated rings. The number of carbonyl (C=O) groups is 1. The largest absolute Gasteiger partial charge is 0.450 e. The van der Waals surface area contributed by atoms with E-state index in [4.69, 9.17) is 10.5 Å². The summed E-state index contributed by atoms with van der Waals surface area (Å²) in [5.74, 6) is 0. The highest BCUT2D eigenvalue weighted by molar-refractivity contribution is 5.67. The zero-order valence-electron chi connectivity index (χ0n) is 8.64. The topological polar surface area (TPSA) is 77.2 Å². The normalized spacial score (nSPS) is 11.9. The highest BCUT2D eigenvalue weighted by atomic mass is 16.5. The maximum absolute atomic E-state index is 11.2. The van der Waals surface area contributed by atoms with E-state index < -0.39 is 6.09 Å². The van der Waals surface area contributed by atoms with Gasteiger partial charge in [-0.15, -0.1) is 0 Å². The first kappa shape index (κ1) is 11.5. The molecule has 0 bridgehead atoms. The summed E-state index contributed by atoms with van der Waals surface area (Å²) >= 11 is 0. The van der Waals surface area contributed by atoms with E-state index in [0.717, 1.165) is 5.56 Å². The summed E-state index contributed by atoms with van der Waals surface area (Å²) in [5, 5.41) is 2.67. The Morgan fingerprint density at radius 2 is 2.27 bits per heavy atom. The van der Waals surface area contributed by atoms with Gasteiger partial charge in [-0.05, 0) is 24.6 Å². The highest BCUT2D eigenvalue weighted by Crippen LogP contribution is 2.09. The molecule has 0 radical (unpaired) electrons. The van der Waals surface area contributed by atoms with Gasteiger partial charge in [-0.1, -0.05) is 0 Å². The minimum atomic E-state index is -0.454. The molecule has 15 heavy (non-hydrogen) atoms. The van der Waals surface area contributed by atoms with Gasteiger partial charge in [-0.2, -0.15) is 0 Å². The molecular weight excluding hydrogens is 194 g/mol. The molecule has 0 aliphatic heterocycles. The van der Waals surface area contributed by atoms with Crippen molar-refractivity contribution in [2.24, 2.45) is 5.73 Å². The lowest BCUT2D eigenvalue weighted by Gasteiger charge is -2.16. The molecule has 1 rings (SSSR count). The van der Waals surface area contributed by atoms with Gasteiger partial charge in [0.05, 0.1) is 12.6 Å². The molecule has 1 unspecified atom stereocenters. The van der Waals surface area contributed by atoms with Crippen LogP contribution in [0.4, 0.5) is 4.79 Å². The van der Waals surface area contributed by atoms with Gasteiger partial charge in [0.25, 0.3) is 0 Å². The summed E-state index contributed by atoms with van der Waals surface area (Å²) in [7, 11) is 0. The average Bonchev–Trinajstić information content (AvgIpc) is 2.27. The predicted molar refractivity (Wildman–Crippen MR) is 56.2 cm³/mol. The van der Waals surface area contributed by atoms with Gasteiger partial charge in [0.1, 0.15) is 0 Å². The van der Waals surface area contributed by atoms with Crippen molar-refractivity contribution in [1.82, 2.24) is 10.3 Å². The lowest BCUT2D eigenvalue weighted by molar-refractivity contribution is 0.148. The van der Waals surface area contributed by atoms with Crippen LogP contribution in [-0.2, 0) is 4.74 Å². The lowest BCUT2D eigenvalue weighted by atomic mass is 10.1. The third kappa shape index (κ3) is 3.55.